The van der Waals surface area contributed by atoms with E-state index in [2.05, 4.69) is 5.32 Å². The van der Waals surface area contributed by atoms with Crippen LogP contribution in [0, 0.1) is 10.1 Å². The molecule has 1 aromatic carbocycles. The molecule has 0 saturated carbocycles. The van der Waals surface area contributed by atoms with Crippen LogP contribution in [0.3, 0.4) is 0 Å². The van der Waals surface area contributed by atoms with Crippen LogP contribution >= 0.6 is 12.2 Å². The molecule has 0 unspecified atom stereocenters. The number of hydrogen-bond acceptors (Lipinski definition) is 3. The standard InChI is InChI=1S/C8H8N2O2S.C2H6/c1-9-8(13)6-2-4-7(5-3-6)10(11)12;1-2/h2-5H,1H3,(H,9,13);1-2H3. The third-order valence-electron chi connectivity index (χ3n) is 1.57. The summed E-state index contributed by atoms with van der Waals surface area (Å²) >= 11 is 4.95. The van der Waals surface area contributed by atoms with Gasteiger partial charge >= 0.3 is 0 Å². The summed E-state index contributed by atoms with van der Waals surface area (Å²) in [4.78, 5) is 10.4. The van der Waals surface area contributed by atoms with Gasteiger partial charge in [0.2, 0.25) is 0 Å². The summed E-state index contributed by atoms with van der Waals surface area (Å²) in [6.07, 6.45) is 0. The summed E-state index contributed by atoms with van der Waals surface area (Å²) in [5.74, 6) is 0. The molecular formula is C10H14N2O2S. The van der Waals surface area contributed by atoms with Gasteiger partial charge in [-0.25, -0.2) is 0 Å². The van der Waals surface area contributed by atoms with Crippen molar-refractivity contribution in [3.63, 3.8) is 0 Å². The molecule has 0 aliphatic rings. The number of nitrogens with one attached hydrogen (secondary N) is 1. The third-order valence-corrected chi connectivity index (χ3v) is 2.01. The Morgan fingerprint density at radius 3 is 2.13 bits per heavy atom. The van der Waals surface area contributed by atoms with Gasteiger partial charge in [0.1, 0.15) is 4.99 Å². The SMILES string of the molecule is CC.CNC(=S)c1ccc([N+](=O)[O-])cc1. The first-order chi connectivity index (χ1) is 7.15. The van der Waals surface area contributed by atoms with Crippen molar-refractivity contribution in [2.45, 2.75) is 13.8 Å². The topological polar surface area (TPSA) is 55.2 Å². The van der Waals surface area contributed by atoms with Gasteiger partial charge in [-0.1, -0.05) is 26.1 Å². The fraction of sp³-hybridized carbons (Fsp3) is 0.300. The normalized spacial score (nSPS) is 8.47. The maximum absolute atomic E-state index is 10.3. The van der Waals surface area contributed by atoms with Crippen molar-refractivity contribution in [1.29, 1.82) is 0 Å². The Hall–Kier alpha value is -1.49. The molecule has 4 nitrogen and oxygen atoms in total. The van der Waals surface area contributed by atoms with Crippen LogP contribution in [0.4, 0.5) is 5.69 Å². The van der Waals surface area contributed by atoms with Crippen LogP contribution in [0.2, 0.25) is 0 Å². The number of nitro groups is 1. The number of nitrogens with zero attached hydrogens (tertiary/aromatic N) is 1. The summed E-state index contributed by atoms with van der Waals surface area (Å²) in [7, 11) is 1.71. The van der Waals surface area contributed by atoms with Crippen molar-refractivity contribution in [2.24, 2.45) is 0 Å². The number of benzene rings is 1. The molecule has 5 heteroatoms. The minimum Gasteiger partial charge on any atom is -0.379 e. The van der Waals surface area contributed by atoms with Gasteiger partial charge in [-0.05, 0) is 12.1 Å². The van der Waals surface area contributed by atoms with Crippen molar-refractivity contribution >= 4 is 22.9 Å². The quantitative estimate of drug-likeness (QED) is 0.478. The van der Waals surface area contributed by atoms with Gasteiger partial charge < -0.3 is 5.32 Å². The fourth-order valence-electron chi connectivity index (χ4n) is 0.879. The monoisotopic (exact) mass is 226 g/mol. The van der Waals surface area contributed by atoms with E-state index in [1.54, 1.807) is 19.2 Å². The van der Waals surface area contributed by atoms with Crippen molar-refractivity contribution in [2.75, 3.05) is 7.05 Å². The highest BCUT2D eigenvalue weighted by Gasteiger charge is 2.04. The molecule has 0 radical (unpaired) electrons. The first-order valence-corrected chi connectivity index (χ1v) is 5.02. The maximum Gasteiger partial charge on any atom is 0.269 e. The minimum atomic E-state index is -0.438. The van der Waals surface area contributed by atoms with Crippen molar-refractivity contribution in [3.05, 3.63) is 39.9 Å². The van der Waals surface area contributed by atoms with Crippen molar-refractivity contribution < 1.29 is 4.92 Å². The second-order valence-electron chi connectivity index (χ2n) is 2.38. The summed E-state index contributed by atoms with van der Waals surface area (Å²) in [6, 6.07) is 6.10. The lowest BCUT2D eigenvalue weighted by atomic mass is 10.2. The minimum absolute atomic E-state index is 0.0719. The molecule has 0 saturated heterocycles. The summed E-state index contributed by atoms with van der Waals surface area (Å²) in [5.41, 5.74) is 0.853. The van der Waals surface area contributed by atoms with E-state index in [9.17, 15) is 10.1 Å². The molecule has 0 fully saturated rings. The summed E-state index contributed by atoms with van der Waals surface area (Å²) in [5, 5.41) is 13.1. The Kier molecular flexibility index (Phi) is 6.21. The van der Waals surface area contributed by atoms with Crippen LogP contribution in [0.15, 0.2) is 24.3 Å². The molecule has 0 atom stereocenters. The molecule has 0 heterocycles. The Labute approximate surface area is 94.5 Å². The van der Waals surface area contributed by atoms with E-state index in [1.807, 2.05) is 13.8 Å². The average molecular weight is 226 g/mol. The Bertz CT molecular complexity index is 336. The molecule has 1 aromatic rings. The zero-order valence-corrected chi connectivity index (χ0v) is 9.80. The van der Waals surface area contributed by atoms with E-state index in [4.69, 9.17) is 12.2 Å². The largest absolute Gasteiger partial charge is 0.379 e. The van der Waals surface area contributed by atoms with Crippen LogP contribution < -0.4 is 5.32 Å². The Balaban J connectivity index is 0.000000921. The van der Waals surface area contributed by atoms with Crippen LogP contribution in [0.1, 0.15) is 19.4 Å². The van der Waals surface area contributed by atoms with Crippen molar-refractivity contribution in [3.8, 4) is 0 Å². The van der Waals surface area contributed by atoms with Gasteiger partial charge in [-0.3, -0.25) is 10.1 Å². The van der Waals surface area contributed by atoms with Gasteiger partial charge in [-0.2, -0.15) is 0 Å². The highest BCUT2D eigenvalue weighted by molar-refractivity contribution is 7.80. The zero-order chi connectivity index (χ0) is 11.8. The van der Waals surface area contributed by atoms with Gasteiger partial charge in [0, 0.05) is 24.7 Å². The molecule has 1 N–H and O–H groups in total. The first-order valence-electron chi connectivity index (χ1n) is 4.61. The molecule has 0 aliphatic carbocycles. The van der Waals surface area contributed by atoms with E-state index in [1.165, 1.54) is 12.1 Å². The van der Waals surface area contributed by atoms with Gasteiger partial charge in [0.15, 0.2) is 0 Å². The number of nitro benzene ring substituents is 1. The molecule has 0 amide bonds. The van der Waals surface area contributed by atoms with E-state index in [0.29, 0.717) is 4.99 Å². The highest BCUT2D eigenvalue weighted by atomic mass is 32.1. The molecule has 1 rings (SSSR count). The smallest absolute Gasteiger partial charge is 0.269 e. The van der Waals surface area contributed by atoms with Crippen LogP contribution in [-0.4, -0.2) is 17.0 Å². The van der Waals surface area contributed by atoms with Crippen LogP contribution in [0.25, 0.3) is 0 Å². The lowest BCUT2D eigenvalue weighted by molar-refractivity contribution is -0.384. The lowest BCUT2D eigenvalue weighted by Gasteiger charge is -2.00. The maximum atomic E-state index is 10.3. The third kappa shape index (κ3) is 4.03. The van der Waals surface area contributed by atoms with Gasteiger partial charge in [-0.15, -0.1) is 0 Å². The van der Waals surface area contributed by atoms with Crippen molar-refractivity contribution in [1.82, 2.24) is 5.32 Å². The average Bonchev–Trinajstić information content (AvgIpc) is 2.31. The van der Waals surface area contributed by atoms with Gasteiger partial charge in [0.05, 0.1) is 4.92 Å². The summed E-state index contributed by atoms with van der Waals surface area (Å²) < 4.78 is 0. The molecular weight excluding hydrogens is 212 g/mol. The summed E-state index contributed by atoms with van der Waals surface area (Å²) in [6.45, 7) is 4.00. The Morgan fingerprint density at radius 1 is 1.33 bits per heavy atom. The number of thiocarbonyl (C=S) groups is 1. The van der Waals surface area contributed by atoms with E-state index < -0.39 is 4.92 Å². The predicted octanol–water partition coefficient (Wildman–Crippen LogP) is 2.52. The lowest BCUT2D eigenvalue weighted by Crippen LogP contribution is -2.16. The van der Waals surface area contributed by atoms with E-state index in [0.717, 1.165) is 5.56 Å². The number of non-ortho nitro benzene ring substituents is 1. The second-order valence-corrected chi connectivity index (χ2v) is 2.79. The molecule has 82 valence electrons. The fourth-order valence-corrected chi connectivity index (χ4v) is 1.01. The van der Waals surface area contributed by atoms with E-state index in [-0.39, 0.29) is 5.69 Å². The molecule has 0 spiro atoms. The van der Waals surface area contributed by atoms with Gasteiger partial charge in [0.25, 0.3) is 5.69 Å². The number of hydrogen-bond donors (Lipinski definition) is 1. The zero-order valence-electron chi connectivity index (χ0n) is 8.98. The molecule has 0 bridgehead atoms. The highest BCUT2D eigenvalue weighted by Crippen LogP contribution is 2.11. The second kappa shape index (κ2) is 6.89. The molecule has 15 heavy (non-hydrogen) atoms. The van der Waals surface area contributed by atoms with Crippen LogP contribution in [0.5, 0.6) is 0 Å². The first kappa shape index (κ1) is 13.5. The predicted molar refractivity (Wildman–Crippen MR) is 65.2 cm³/mol. The molecule has 0 aromatic heterocycles. The molecule has 0 aliphatic heterocycles. The Morgan fingerprint density at radius 2 is 1.80 bits per heavy atom. The number of rotatable bonds is 2. The van der Waals surface area contributed by atoms with Crippen LogP contribution in [-0.2, 0) is 0 Å². The van der Waals surface area contributed by atoms with E-state index >= 15 is 0 Å².